The van der Waals surface area contributed by atoms with Gasteiger partial charge in [0.25, 0.3) is 0 Å². The molecular weight excluding hydrogens is 190 g/mol. The van der Waals surface area contributed by atoms with Crippen molar-refractivity contribution in [1.29, 1.82) is 0 Å². The van der Waals surface area contributed by atoms with Crippen LogP contribution in [0.5, 0.6) is 0 Å². The number of rotatable bonds is 8. The van der Waals surface area contributed by atoms with Crippen molar-refractivity contribution in [3.05, 3.63) is 0 Å². The third-order valence-corrected chi connectivity index (χ3v) is 3.15. The number of methoxy groups -OCH3 is 1. The van der Waals surface area contributed by atoms with Gasteiger partial charge in [0.15, 0.2) is 0 Å². The van der Waals surface area contributed by atoms with Crippen LogP contribution >= 0.6 is 0 Å². The predicted molar refractivity (Wildman–Crippen MR) is 62.0 cm³/mol. The summed E-state index contributed by atoms with van der Waals surface area (Å²) in [5.41, 5.74) is 0. The monoisotopic (exact) mass is 215 g/mol. The van der Waals surface area contributed by atoms with Gasteiger partial charge in [0.1, 0.15) is 0 Å². The van der Waals surface area contributed by atoms with Crippen LogP contribution in [0.15, 0.2) is 0 Å². The van der Waals surface area contributed by atoms with Crippen LogP contribution in [-0.4, -0.2) is 50.0 Å². The molecule has 1 saturated heterocycles. The third kappa shape index (κ3) is 5.50. The van der Waals surface area contributed by atoms with Crippen LogP contribution in [0.4, 0.5) is 0 Å². The molecule has 1 atom stereocenters. The topological polar surface area (TPSA) is 32.7 Å². The lowest BCUT2D eigenvalue weighted by Gasteiger charge is -2.15. The second kappa shape index (κ2) is 8.08. The number of likely N-dealkylation sites (tertiary alicyclic amines) is 1. The van der Waals surface area contributed by atoms with E-state index in [-0.39, 0.29) is 0 Å². The molecule has 1 aliphatic rings. The van der Waals surface area contributed by atoms with Gasteiger partial charge in [-0.1, -0.05) is 12.8 Å². The van der Waals surface area contributed by atoms with E-state index in [9.17, 15) is 0 Å². The molecule has 90 valence electrons. The number of hydrogen-bond donors (Lipinski definition) is 1. The lowest BCUT2D eigenvalue weighted by molar-refractivity contribution is 0.153. The Bertz CT molecular complexity index is 153. The van der Waals surface area contributed by atoms with Gasteiger partial charge in [-0.25, -0.2) is 0 Å². The maximum Gasteiger partial charge on any atom is 0.0503 e. The fraction of sp³-hybridized carbons (Fsp3) is 1.00. The van der Waals surface area contributed by atoms with Crippen LogP contribution < -0.4 is 0 Å². The van der Waals surface area contributed by atoms with Gasteiger partial charge in [0, 0.05) is 20.3 Å². The molecule has 1 aliphatic heterocycles. The fourth-order valence-corrected chi connectivity index (χ4v) is 2.29. The molecule has 0 bridgehead atoms. The highest BCUT2D eigenvalue weighted by Crippen LogP contribution is 2.16. The first kappa shape index (κ1) is 12.9. The van der Waals surface area contributed by atoms with E-state index in [1.165, 1.54) is 45.3 Å². The van der Waals surface area contributed by atoms with Crippen LogP contribution in [-0.2, 0) is 4.74 Å². The summed E-state index contributed by atoms with van der Waals surface area (Å²) in [6.45, 7) is 4.95. The molecule has 1 rings (SSSR count). The molecule has 1 unspecified atom stereocenters. The average molecular weight is 215 g/mol. The minimum atomic E-state index is 0.347. The maximum atomic E-state index is 8.65. The fourth-order valence-electron chi connectivity index (χ4n) is 2.29. The molecule has 0 saturated carbocycles. The highest BCUT2D eigenvalue weighted by Gasteiger charge is 2.21. The zero-order chi connectivity index (χ0) is 10.9. The smallest absolute Gasteiger partial charge is 0.0503 e. The molecule has 0 aromatic rings. The van der Waals surface area contributed by atoms with E-state index in [0.29, 0.717) is 6.61 Å². The third-order valence-electron chi connectivity index (χ3n) is 3.15. The second-order valence-corrected chi connectivity index (χ2v) is 4.55. The normalized spacial score (nSPS) is 22.4. The molecule has 1 heterocycles. The Morgan fingerprint density at radius 1 is 1.27 bits per heavy atom. The number of nitrogens with zero attached hydrogens (tertiary/aromatic N) is 1. The van der Waals surface area contributed by atoms with E-state index in [1.807, 2.05) is 0 Å². The van der Waals surface area contributed by atoms with E-state index in [1.54, 1.807) is 7.11 Å². The van der Waals surface area contributed by atoms with Crippen molar-refractivity contribution in [2.45, 2.75) is 32.1 Å². The van der Waals surface area contributed by atoms with Crippen LogP contribution in [0.2, 0.25) is 0 Å². The summed E-state index contributed by atoms with van der Waals surface area (Å²) in [4.78, 5) is 2.54. The summed E-state index contributed by atoms with van der Waals surface area (Å²) in [5, 5.41) is 8.65. The first-order valence-corrected chi connectivity index (χ1v) is 6.19. The Morgan fingerprint density at radius 3 is 2.80 bits per heavy atom. The quantitative estimate of drug-likeness (QED) is 0.623. The van der Waals surface area contributed by atoms with E-state index < -0.39 is 0 Å². The Hall–Kier alpha value is -0.120. The molecule has 3 nitrogen and oxygen atoms in total. The second-order valence-electron chi connectivity index (χ2n) is 4.55. The van der Waals surface area contributed by atoms with Crippen molar-refractivity contribution in [2.24, 2.45) is 5.92 Å². The molecular formula is C12H25NO2. The molecule has 1 N–H and O–H groups in total. The average Bonchev–Trinajstić information content (AvgIpc) is 2.66. The van der Waals surface area contributed by atoms with Gasteiger partial charge >= 0.3 is 0 Å². The van der Waals surface area contributed by atoms with E-state index in [2.05, 4.69) is 4.90 Å². The van der Waals surface area contributed by atoms with Gasteiger partial charge in [-0.15, -0.1) is 0 Å². The Kier molecular flexibility index (Phi) is 6.98. The van der Waals surface area contributed by atoms with Crippen LogP contribution in [0, 0.1) is 5.92 Å². The summed E-state index contributed by atoms with van der Waals surface area (Å²) in [6.07, 6.45) is 5.97. The highest BCUT2D eigenvalue weighted by atomic mass is 16.5. The molecule has 0 aromatic heterocycles. The summed E-state index contributed by atoms with van der Waals surface area (Å²) < 4.78 is 5.18. The number of aliphatic hydroxyl groups excluding tert-OH is 1. The standard InChI is InChI=1S/C12H25NO2/c1-15-11-12-6-8-13(10-12)7-4-2-3-5-9-14/h12,14H,2-11H2,1H3. The SMILES string of the molecule is COCC1CCN(CCCCCCO)C1. The van der Waals surface area contributed by atoms with Crippen molar-refractivity contribution < 1.29 is 9.84 Å². The Morgan fingerprint density at radius 2 is 2.07 bits per heavy atom. The van der Waals surface area contributed by atoms with Crippen molar-refractivity contribution in [1.82, 2.24) is 4.90 Å². The van der Waals surface area contributed by atoms with E-state index in [0.717, 1.165) is 18.9 Å². The van der Waals surface area contributed by atoms with Crippen LogP contribution in [0.25, 0.3) is 0 Å². The summed E-state index contributed by atoms with van der Waals surface area (Å²) in [6, 6.07) is 0. The number of ether oxygens (including phenoxy) is 1. The predicted octanol–water partition coefficient (Wildman–Crippen LogP) is 1.51. The van der Waals surface area contributed by atoms with Gasteiger partial charge in [-0.3, -0.25) is 0 Å². The molecule has 0 aromatic carbocycles. The van der Waals surface area contributed by atoms with Crippen molar-refractivity contribution >= 4 is 0 Å². The van der Waals surface area contributed by atoms with Gasteiger partial charge in [-0.2, -0.15) is 0 Å². The molecule has 1 fully saturated rings. The minimum absolute atomic E-state index is 0.347. The number of unbranched alkanes of at least 4 members (excludes halogenated alkanes) is 3. The molecule has 3 heteroatoms. The molecule has 15 heavy (non-hydrogen) atoms. The first-order valence-electron chi connectivity index (χ1n) is 6.19. The zero-order valence-electron chi connectivity index (χ0n) is 9.95. The molecule has 0 spiro atoms. The maximum absolute atomic E-state index is 8.65. The highest BCUT2D eigenvalue weighted by molar-refractivity contribution is 4.74. The van der Waals surface area contributed by atoms with E-state index >= 15 is 0 Å². The van der Waals surface area contributed by atoms with Crippen molar-refractivity contribution in [3.8, 4) is 0 Å². The zero-order valence-corrected chi connectivity index (χ0v) is 9.95. The van der Waals surface area contributed by atoms with Crippen molar-refractivity contribution in [3.63, 3.8) is 0 Å². The van der Waals surface area contributed by atoms with Gasteiger partial charge in [0.05, 0.1) is 6.61 Å². The van der Waals surface area contributed by atoms with Gasteiger partial charge in [-0.05, 0) is 38.3 Å². The van der Waals surface area contributed by atoms with Gasteiger partial charge < -0.3 is 14.7 Å². The molecule has 0 aliphatic carbocycles. The summed E-state index contributed by atoms with van der Waals surface area (Å²) in [7, 11) is 1.79. The van der Waals surface area contributed by atoms with E-state index in [4.69, 9.17) is 9.84 Å². The van der Waals surface area contributed by atoms with Crippen LogP contribution in [0.1, 0.15) is 32.1 Å². The molecule has 0 radical (unpaired) electrons. The number of aliphatic hydroxyl groups is 1. The number of hydrogen-bond acceptors (Lipinski definition) is 3. The van der Waals surface area contributed by atoms with Crippen molar-refractivity contribution in [2.75, 3.05) is 40.0 Å². The first-order chi connectivity index (χ1) is 7.36. The Balaban J connectivity index is 1.94. The Labute approximate surface area is 93.4 Å². The van der Waals surface area contributed by atoms with Crippen LogP contribution in [0.3, 0.4) is 0 Å². The summed E-state index contributed by atoms with van der Waals surface area (Å²) >= 11 is 0. The lowest BCUT2D eigenvalue weighted by atomic mass is 10.1. The van der Waals surface area contributed by atoms with Gasteiger partial charge in [0.2, 0.25) is 0 Å². The summed E-state index contributed by atoms with van der Waals surface area (Å²) in [5.74, 6) is 0.757. The largest absolute Gasteiger partial charge is 0.396 e. The molecule has 0 amide bonds. The minimum Gasteiger partial charge on any atom is -0.396 e. The lowest BCUT2D eigenvalue weighted by Crippen LogP contribution is -2.22.